The standard InChI is InChI=1S/C17H18N4O3S/c22-16(21-7-5-12-3-1-2-4-15(12)21)13-9-18-17(19-10-13)20-14-6-8-25(23,24)11-14/h1-4,9-10,14H,5-8,11H2,(H,18,19,20). The van der Waals surface area contributed by atoms with Crippen molar-refractivity contribution in [2.45, 2.75) is 18.9 Å². The predicted octanol–water partition coefficient (Wildman–Crippen LogP) is 1.28. The zero-order valence-electron chi connectivity index (χ0n) is 13.6. The van der Waals surface area contributed by atoms with Crippen LogP contribution in [0.25, 0.3) is 0 Å². The monoisotopic (exact) mass is 358 g/mol. The van der Waals surface area contributed by atoms with E-state index in [1.807, 2.05) is 24.3 Å². The van der Waals surface area contributed by atoms with Gasteiger partial charge in [-0.2, -0.15) is 0 Å². The van der Waals surface area contributed by atoms with Crippen LogP contribution in [0, 0.1) is 0 Å². The van der Waals surface area contributed by atoms with E-state index in [1.54, 1.807) is 4.90 Å². The van der Waals surface area contributed by atoms with Crippen LogP contribution in [0.4, 0.5) is 11.6 Å². The van der Waals surface area contributed by atoms with Crippen molar-refractivity contribution >= 4 is 27.4 Å². The van der Waals surface area contributed by atoms with E-state index < -0.39 is 9.84 Å². The minimum atomic E-state index is -2.96. The molecule has 4 rings (SSSR count). The van der Waals surface area contributed by atoms with Gasteiger partial charge in [-0.3, -0.25) is 4.79 Å². The van der Waals surface area contributed by atoms with Crippen molar-refractivity contribution in [1.82, 2.24) is 9.97 Å². The van der Waals surface area contributed by atoms with Crippen LogP contribution < -0.4 is 10.2 Å². The lowest BCUT2D eigenvalue weighted by atomic mass is 10.2. The van der Waals surface area contributed by atoms with Crippen LogP contribution in [0.5, 0.6) is 0 Å². The molecule has 1 N–H and O–H groups in total. The second kappa shape index (κ2) is 6.11. The maximum Gasteiger partial charge on any atom is 0.261 e. The first-order chi connectivity index (χ1) is 12.0. The second-order valence-corrected chi connectivity index (χ2v) is 8.60. The van der Waals surface area contributed by atoms with Crippen molar-refractivity contribution in [3.05, 3.63) is 47.8 Å². The van der Waals surface area contributed by atoms with Crippen LogP contribution in [-0.4, -0.2) is 48.4 Å². The summed E-state index contributed by atoms with van der Waals surface area (Å²) >= 11 is 0. The van der Waals surface area contributed by atoms with E-state index in [0.29, 0.717) is 24.5 Å². The summed E-state index contributed by atoms with van der Waals surface area (Å²) in [4.78, 5) is 22.8. The molecule has 0 radical (unpaired) electrons. The number of hydrogen-bond acceptors (Lipinski definition) is 6. The molecular formula is C17H18N4O3S. The van der Waals surface area contributed by atoms with E-state index >= 15 is 0 Å². The lowest BCUT2D eigenvalue weighted by Crippen LogP contribution is -2.29. The number of carbonyl (C=O) groups is 1. The highest BCUT2D eigenvalue weighted by molar-refractivity contribution is 7.91. The van der Waals surface area contributed by atoms with Gasteiger partial charge >= 0.3 is 0 Å². The van der Waals surface area contributed by atoms with Crippen LogP contribution in [0.3, 0.4) is 0 Å². The Morgan fingerprint density at radius 1 is 1.20 bits per heavy atom. The molecule has 2 aromatic rings. The quantitative estimate of drug-likeness (QED) is 0.889. The largest absolute Gasteiger partial charge is 0.350 e. The highest BCUT2D eigenvalue weighted by atomic mass is 32.2. The van der Waals surface area contributed by atoms with Crippen LogP contribution in [0.1, 0.15) is 22.3 Å². The average Bonchev–Trinajstić information content (AvgIpc) is 3.18. The number of anilines is 2. The predicted molar refractivity (Wildman–Crippen MR) is 94.5 cm³/mol. The van der Waals surface area contributed by atoms with E-state index in [1.165, 1.54) is 12.4 Å². The third-order valence-corrected chi connectivity index (χ3v) is 6.36. The van der Waals surface area contributed by atoms with Crippen molar-refractivity contribution < 1.29 is 13.2 Å². The highest BCUT2D eigenvalue weighted by Crippen LogP contribution is 2.28. The molecule has 0 spiro atoms. The molecule has 0 aliphatic carbocycles. The Morgan fingerprint density at radius 3 is 2.68 bits per heavy atom. The van der Waals surface area contributed by atoms with E-state index in [2.05, 4.69) is 15.3 Å². The Hall–Kier alpha value is -2.48. The normalized spacial score (nSPS) is 21.1. The fraction of sp³-hybridized carbons (Fsp3) is 0.353. The highest BCUT2D eigenvalue weighted by Gasteiger charge is 2.29. The van der Waals surface area contributed by atoms with Crippen LogP contribution in [0.2, 0.25) is 0 Å². The van der Waals surface area contributed by atoms with Gasteiger partial charge in [0.1, 0.15) is 0 Å². The average molecular weight is 358 g/mol. The van der Waals surface area contributed by atoms with Gasteiger partial charge in [0, 0.05) is 30.7 Å². The number of para-hydroxylation sites is 1. The summed E-state index contributed by atoms with van der Waals surface area (Å²) in [5.74, 6) is 0.512. The number of fused-ring (bicyclic) bond motifs is 1. The van der Waals surface area contributed by atoms with Crippen molar-refractivity contribution in [2.75, 3.05) is 28.3 Å². The summed E-state index contributed by atoms with van der Waals surface area (Å²) in [5, 5.41) is 3.02. The number of aromatic nitrogens is 2. The van der Waals surface area contributed by atoms with Crippen LogP contribution in [0.15, 0.2) is 36.7 Å². The molecular weight excluding hydrogens is 340 g/mol. The Labute approximate surface area is 146 Å². The van der Waals surface area contributed by atoms with Gasteiger partial charge in [-0.05, 0) is 24.5 Å². The van der Waals surface area contributed by atoms with Crippen LogP contribution >= 0.6 is 0 Å². The maximum atomic E-state index is 12.7. The SMILES string of the molecule is O=C(c1cnc(NC2CCS(=O)(=O)C2)nc1)N1CCc2ccccc21. The second-order valence-electron chi connectivity index (χ2n) is 6.38. The number of sulfone groups is 1. The topological polar surface area (TPSA) is 92.3 Å². The van der Waals surface area contributed by atoms with Crippen molar-refractivity contribution in [3.63, 3.8) is 0 Å². The minimum Gasteiger partial charge on any atom is -0.350 e. The Kier molecular flexibility index (Phi) is 3.91. The third-order valence-electron chi connectivity index (χ3n) is 4.60. The van der Waals surface area contributed by atoms with Gasteiger partial charge in [-0.15, -0.1) is 0 Å². The van der Waals surface area contributed by atoms with Gasteiger partial charge < -0.3 is 10.2 Å². The van der Waals surface area contributed by atoms with Gasteiger partial charge in [0.2, 0.25) is 5.95 Å². The zero-order valence-corrected chi connectivity index (χ0v) is 14.4. The number of nitrogens with zero attached hydrogens (tertiary/aromatic N) is 3. The fourth-order valence-electron chi connectivity index (χ4n) is 3.31. The Morgan fingerprint density at radius 2 is 1.96 bits per heavy atom. The summed E-state index contributed by atoms with van der Waals surface area (Å²) in [7, 11) is -2.96. The summed E-state index contributed by atoms with van der Waals surface area (Å²) in [5.41, 5.74) is 2.52. The molecule has 3 heterocycles. The smallest absolute Gasteiger partial charge is 0.261 e. The molecule has 1 atom stereocenters. The van der Waals surface area contributed by atoms with Crippen molar-refractivity contribution in [1.29, 1.82) is 0 Å². The summed E-state index contributed by atoms with van der Waals surface area (Å²) in [6, 6.07) is 7.69. The van der Waals surface area contributed by atoms with Crippen LogP contribution in [-0.2, 0) is 16.3 Å². The number of hydrogen-bond donors (Lipinski definition) is 1. The molecule has 7 nitrogen and oxygen atoms in total. The molecule has 0 bridgehead atoms. The first kappa shape index (κ1) is 16.0. The van der Waals surface area contributed by atoms with Gasteiger partial charge in [0.25, 0.3) is 5.91 Å². The molecule has 1 unspecified atom stereocenters. The van der Waals surface area contributed by atoms with E-state index in [0.717, 1.165) is 17.7 Å². The maximum absolute atomic E-state index is 12.7. The van der Waals surface area contributed by atoms with E-state index in [4.69, 9.17) is 0 Å². The number of nitrogens with one attached hydrogen (secondary N) is 1. The Balaban J connectivity index is 1.46. The number of rotatable bonds is 3. The summed E-state index contributed by atoms with van der Waals surface area (Å²) < 4.78 is 23.0. The first-order valence-corrected chi connectivity index (χ1v) is 10.0. The molecule has 130 valence electrons. The molecule has 25 heavy (non-hydrogen) atoms. The third kappa shape index (κ3) is 3.21. The molecule has 8 heteroatoms. The van der Waals surface area contributed by atoms with E-state index in [9.17, 15) is 13.2 Å². The molecule has 1 aromatic carbocycles. The molecule has 1 aromatic heterocycles. The molecule has 1 fully saturated rings. The zero-order chi connectivity index (χ0) is 17.4. The molecule has 2 aliphatic heterocycles. The summed E-state index contributed by atoms with van der Waals surface area (Å²) in [6.45, 7) is 0.651. The molecule has 1 saturated heterocycles. The van der Waals surface area contributed by atoms with Gasteiger partial charge in [-0.1, -0.05) is 18.2 Å². The summed E-state index contributed by atoms with van der Waals surface area (Å²) in [6.07, 6.45) is 4.37. The lowest BCUT2D eigenvalue weighted by molar-refractivity contribution is 0.0988. The van der Waals surface area contributed by atoms with E-state index in [-0.39, 0.29) is 23.5 Å². The fourth-order valence-corrected chi connectivity index (χ4v) is 4.98. The van der Waals surface area contributed by atoms with Gasteiger partial charge in [0.15, 0.2) is 9.84 Å². The number of carbonyl (C=O) groups excluding carboxylic acids is 1. The van der Waals surface area contributed by atoms with Gasteiger partial charge in [-0.25, -0.2) is 18.4 Å². The lowest BCUT2D eigenvalue weighted by Gasteiger charge is -2.17. The first-order valence-electron chi connectivity index (χ1n) is 8.21. The minimum absolute atomic E-state index is 0.0988. The molecule has 1 amide bonds. The molecule has 0 saturated carbocycles. The number of benzene rings is 1. The molecule has 2 aliphatic rings. The number of amides is 1. The van der Waals surface area contributed by atoms with Crippen molar-refractivity contribution in [3.8, 4) is 0 Å². The van der Waals surface area contributed by atoms with Crippen molar-refractivity contribution in [2.24, 2.45) is 0 Å². The Bertz CT molecular complexity index is 912. The van der Waals surface area contributed by atoms with Gasteiger partial charge in [0.05, 0.1) is 17.1 Å².